The van der Waals surface area contributed by atoms with Crippen molar-refractivity contribution >= 4 is 28.1 Å². The molecule has 1 atom stereocenters. The molecule has 3 aromatic rings. The molecule has 162 valence electrons. The van der Waals surface area contributed by atoms with Gasteiger partial charge in [-0.25, -0.2) is 0 Å². The van der Waals surface area contributed by atoms with Crippen LogP contribution in [0.1, 0.15) is 24.2 Å². The Bertz CT molecular complexity index is 992. The highest BCUT2D eigenvalue weighted by Gasteiger charge is 2.50. The number of ketones is 1. The molecule has 0 aromatic heterocycles. The Morgan fingerprint density at radius 3 is 1.77 bits per heavy atom. The Kier molecular flexibility index (Phi) is 6.96. The first-order valence-electron chi connectivity index (χ1n) is 10.4. The van der Waals surface area contributed by atoms with Gasteiger partial charge in [0.15, 0.2) is 5.78 Å². The molecule has 0 aliphatic heterocycles. The van der Waals surface area contributed by atoms with Gasteiger partial charge in [0.1, 0.15) is 11.4 Å². The van der Waals surface area contributed by atoms with Crippen molar-refractivity contribution in [2.24, 2.45) is 0 Å². The van der Waals surface area contributed by atoms with Crippen LogP contribution in [-0.4, -0.2) is 28.5 Å². The summed E-state index contributed by atoms with van der Waals surface area (Å²) in [5, 5.41) is 1.14. The molecule has 6 heteroatoms. The fourth-order valence-electron chi connectivity index (χ4n) is 3.57. The second-order valence-corrected chi connectivity index (χ2v) is 15.1. The fraction of sp³-hybridized carbons (Fsp3) is 0.240. The first-order chi connectivity index (χ1) is 14.6. The van der Waals surface area contributed by atoms with Crippen LogP contribution >= 0.6 is 0 Å². The van der Waals surface area contributed by atoms with Crippen molar-refractivity contribution in [3.05, 3.63) is 96.6 Å². The molecule has 0 aliphatic carbocycles. The Balaban J connectivity index is 1.92. The molecule has 31 heavy (non-hydrogen) atoms. The van der Waals surface area contributed by atoms with E-state index in [0.717, 1.165) is 5.19 Å². The number of carbonyl (C=O) groups excluding carboxylic acids is 1. The van der Waals surface area contributed by atoms with Crippen molar-refractivity contribution in [2.45, 2.75) is 39.1 Å². The van der Waals surface area contributed by atoms with Gasteiger partial charge < -0.3 is 13.0 Å². The van der Waals surface area contributed by atoms with Crippen LogP contribution in [0.3, 0.4) is 0 Å². The van der Waals surface area contributed by atoms with E-state index in [9.17, 15) is 4.79 Å². The van der Waals surface area contributed by atoms with Crippen LogP contribution in [0.25, 0.3) is 0 Å². The van der Waals surface area contributed by atoms with Crippen LogP contribution in [0.4, 0.5) is 0 Å². The standard InChI is InChI=1S/C25H30O4Si2/c1-25(2,24(26)21-15-9-6-10-16-21)28-31(5,27-22-17-11-7-12-18-22)29-30(3,4)23-19-13-8-14-20-23/h6-20H,1-5H3. The third-order valence-corrected chi connectivity index (χ3v) is 11.7. The molecule has 0 spiro atoms. The summed E-state index contributed by atoms with van der Waals surface area (Å²) in [6.45, 7) is 9.68. The van der Waals surface area contributed by atoms with Crippen molar-refractivity contribution in [3.8, 4) is 5.75 Å². The molecule has 3 aromatic carbocycles. The molecule has 0 fully saturated rings. The van der Waals surface area contributed by atoms with Crippen LogP contribution < -0.4 is 9.61 Å². The minimum Gasteiger partial charge on any atom is -0.501 e. The Morgan fingerprint density at radius 2 is 1.23 bits per heavy atom. The van der Waals surface area contributed by atoms with E-state index in [2.05, 4.69) is 25.2 Å². The summed E-state index contributed by atoms with van der Waals surface area (Å²) in [6, 6.07) is 28.8. The molecule has 1 unspecified atom stereocenters. The maximum absolute atomic E-state index is 13.2. The molecular formula is C25H30O4Si2. The molecular weight excluding hydrogens is 420 g/mol. The lowest BCUT2D eigenvalue weighted by Crippen LogP contribution is -2.61. The van der Waals surface area contributed by atoms with E-state index < -0.39 is 22.7 Å². The van der Waals surface area contributed by atoms with E-state index in [0.29, 0.717) is 11.3 Å². The third-order valence-electron chi connectivity index (χ3n) is 4.98. The molecule has 0 heterocycles. The predicted octanol–water partition coefficient (Wildman–Crippen LogP) is 5.44. The number of Topliss-reactive ketones (excluding diaryl/α,β-unsaturated/α-hetero) is 1. The number of hydrogen-bond donors (Lipinski definition) is 0. The van der Waals surface area contributed by atoms with E-state index in [-0.39, 0.29) is 5.78 Å². The minimum absolute atomic E-state index is 0.105. The average molecular weight is 451 g/mol. The van der Waals surface area contributed by atoms with E-state index in [1.165, 1.54) is 0 Å². The Morgan fingerprint density at radius 1 is 0.742 bits per heavy atom. The van der Waals surface area contributed by atoms with Crippen molar-refractivity contribution in [3.63, 3.8) is 0 Å². The summed E-state index contributed by atoms with van der Waals surface area (Å²) >= 11 is 0. The maximum atomic E-state index is 13.2. The molecule has 0 bridgehead atoms. The van der Waals surface area contributed by atoms with Gasteiger partial charge in [0.2, 0.25) is 8.32 Å². The average Bonchev–Trinajstić information content (AvgIpc) is 2.74. The van der Waals surface area contributed by atoms with Gasteiger partial charge in [0.05, 0.1) is 0 Å². The zero-order chi connectivity index (χ0) is 22.5. The predicted molar refractivity (Wildman–Crippen MR) is 129 cm³/mol. The lowest BCUT2D eigenvalue weighted by Gasteiger charge is -2.39. The lowest BCUT2D eigenvalue weighted by molar-refractivity contribution is 0.0322. The summed E-state index contributed by atoms with van der Waals surface area (Å²) in [7, 11) is -5.68. The van der Waals surface area contributed by atoms with Crippen molar-refractivity contribution in [1.29, 1.82) is 0 Å². The number of benzene rings is 3. The molecule has 0 saturated heterocycles. The molecule has 0 amide bonds. The van der Waals surface area contributed by atoms with E-state index in [4.69, 9.17) is 13.0 Å². The first-order valence-corrected chi connectivity index (χ1v) is 15.5. The molecule has 0 N–H and O–H groups in total. The largest absolute Gasteiger partial charge is 0.553 e. The second kappa shape index (κ2) is 9.32. The zero-order valence-corrected chi connectivity index (χ0v) is 20.8. The van der Waals surface area contributed by atoms with Gasteiger partial charge >= 0.3 is 8.80 Å². The van der Waals surface area contributed by atoms with Gasteiger partial charge in [0.25, 0.3) is 0 Å². The summed E-state index contributed by atoms with van der Waals surface area (Å²) < 4.78 is 19.6. The van der Waals surface area contributed by atoms with Crippen LogP contribution in [0.5, 0.6) is 5.75 Å². The molecule has 0 saturated carbocycles. The van der Waals surface area contributed by atoms with Crippen molar-refractivity contribution < 1.29 is 17.8 Å². The third kappa shape index (κ3) is 6.01. The van der Waals surface area contributed by atoms with Gasteiger partial charge in [-0.3, -0.25) is 4.79 Å². The quantitative estimate of drug-likeness (QED) is 0.322. The monoisotopic (exact) mass is 450 g/mol. The van der Waals surface area contributed by atoms with E-state index in [1.807, 2.05) is 73.3 Å². The van der Waals surface area contributed by atoms with Gasteiger partial charge in [-0.15, -0.1) is 0 Å². The van der Waals surface area contributed by atoms with Crippen LogP contribution in [0.15, 0.2) is 91.0 Å². The van der Waals surface area contributed by atoms with E-state index >= 15 is 0 Å². The van der Waals surface area contributed by atoms with E-state index in [1.54, 1.807) is 26.0 Å². The Hall–Kier alpha value is -2.52. The highest BCUT2D eigenvalue weighted by atomic mass is 28.5. The smallest absolute Gasteiger partial charge is 0.501 e. The number of carbonyl (C=O) groups is 1. The highest BCUT2D eigenvalue weighted by Crippen LogP contribution is 2.28. The summed E-state index contributed by atoms with van der Waals surface area (Å²) in [5.41, 5.74) is -0.513. The maximum Gasteiger partial charge on any atom is 0.553 e. The van der Waals surface area contributed by atoms with Gasteiger partial charge in [0, 0.05) is 12.1 Å². The van der Waals surface area contributed by atoms with Gasteiger partial charge in [-0.1, -0.05) is 78.9 Å². The van der Waals surface area contributed by atoms with Crippen molar-refractivity contribution in [2.75, 3.05) is 0 Å². The topological polar surface area (TPSA) is 44.8 Å². The minimum atomic E-state index is -3.30. The summed E-state index contributed by atoms with van der Waals surface area (Å²) in [5.74, 6) is 0.559. The summed E-state index contributed by atoms with van der Waals surface area (Å²) in [4.78, 5) is 13.2. The number of para-hydroxylation sites is 1. The normalized spacial score (nSPS) is 14.0. The molecule has 4 nitrogen and oxygen atoms in total. The zero-order valence-electron chi connectivity index (χ0n) is 18.8. The number of rotatable bonds is 9. The van der Waals surface area contributed by atoms with Gasteiger partial charge in [-0.2, -0.15) is 0 Å². The lowest BCUT2D eigenvalue weighted by atomic mass is 9.97. The molecule has 0 aliphatic rings. The summed E-state index contributed by atoms with van der Waals surface area (Å²) in [6.07, 6.45) is 0. The second-order valence-electron chi connectivity index (χ2n) is 8.56. The fourth-order valence-corrected chi connectivity index (χ4v) is 10.7. The molecule has 3 rings (SSSR count). The number of hydrogen-bond acceptors (Lipinski definition) is 4. The SMILES string of the molecule is CC(C)(O[Si](C)(Oc1ccccc1)O[Si](C)(C)c1ccccc1)C(=O)c1ccccc1. The molecule has 0 radical (unpaired) electrons. The van der Waals surface area contributed by atoms with Gasteiger partial charge in [-0.05, 0) is 44.3 Å². The highest BCUT2D eigenvalue weighted by molar-refractivity contribution is 6.90. The van der Waals surface area contributed by atoms with Crippen LogP contribution in [0.2, 0.25) is 19.6 Å². The van der Waals surface area contributed by atoms with Crippen LogP contribution in [0, 0.1) is 0 Å². The van der Waals surface area contributed by atoms with Crippen molar-refractivity contribution in [1.82, 2.24) is 0 Å². The first kappa shape index (κ1) is 23.2. The van der Waals surface area contributed by atoms with Crippen LogP contribution in [-0.2, 0) is 8.54 Å². The Labute approximate surface area is 187 Å².